The Labute approximate surface area is 416 Å². The molecule has 5 aromatic rings. The average molecular weight is 987 g/mol. The van der Waals surface area contributed by atoms with Gasteiger partial charge in [0.25, 0.3) is 11.8 Å². The van der Waals surface area contributed by atoms with Crippen LogP contribution in [0.15, 0.2) is 79.3 Å². The third-order valence-corrected chi connectivity index (χ3v) is 12.3. The Balaban J connectivity index is 0.881. The molecule has 0 bridgehead atoms. The zero-order valence-corrected chi connectivity index (χ0v) is 40.7. The van der Waals surface area contributed by atoms with E-state index in [-0.39, 0.29) is 62.2 Å². The second kappa shape index (κ2) is 24.7. The highest BCUT2D eigenvalue weighted by molar-refractivity contribution is 6.12. The lowest BCUT2D eigenvalue weighted by Gasteiger charge is -2.32. The first-order valence-corrected chi connectivity index (χ1v) is 24.2. The Kier molecular flexibility index (Phi) is 17.8. The molecule has 1 fully saturated rings. The number of imidazole rings is 1. The number of anilines is 1. The summed E-state index contributed by atoms with van der Waals surface area (Å²) < 4.78 is 7.42. The minimum absolute atomic E-state index is 0.000599. The number of unbranched alkanes of at least 4 members (excludes halogenated alkanes) is 2. The summed E-state index contributed by atoms with van der Waals surface area (Å²) in [6.45, 7) is 7.35. The highest BCUT2D eigenvalue weighted by Crippen LogP contribution is 2.30. The summed E-state index contributed by atoms with van der Waals surface area (Å²) in [4.78, 5) is 109. The predicted molar refractivity (Wildman–Crippen MR) is 265 cm³/mol. The Morgan fingerprint density at radius 1 is 0.931 bits per heavy atom. The average Bonchev–Trinajstić information content (AvgIpc) is 4.11. The molecule has 22 nitrogen and oxygen atoms in total. The van der Waals surface area contributed by atoms with Crippen molar-refractivity contribution in [2.24, 2.45) is 11.7 Å². The van der Waals surface area contributed by atoms with Crippen molar-refractivity contribution in [3.63, 3.8) is 0 Å². The number of H-pyrrole nitrogens is 1. The fourth-order valence-electron chi connectivity index (χ4n) is 8.46. The number of hydrogen-bond donors (Lipinski definition) is 7. The number of ether oxygens (including phenoxy) is 1. The minimum Gasteiger partial charge on any atom is -0.445 e. The molecule has 0 radical (unpaired) electrons. The van der Waals surface area contributed by atoms with Gasteiger partial charge in [-0.05, 0) is 93.3 Å². The van der Waals surface area contributed by atoms with Crippen molar-refractivity contribution in [1.82, 2.24) is 60.6 Å². The number of benzene rings is 1. The quantitative estimate of drug-likeness (QED) is 0.0362. The third kappa shape index (κ3) is 14.3. The van der Waals surface area contributed by atoms with E-state index >= 15 is 0 Å². The van der Waals surface area contributed by atoms with Crippen LogP contribution in [0.3, 0.4) is 0 Å². The van der Waals surface area contributed by atoms with Gasteiger partial charge in [-0.25, -0.2) is 24.1 Å². The zero-order chi connectivity index (χ0) is 51.1. The highest BCUT2D eigenvalue weighted by atomic mass is 16.6. The lowest BCUT2D eigenvalue weighted by Crippen LogP contribution is -2.54. The van der Waals surface area contributed by atoms with E-state index in [1.165, 1.54) is 18.5 Å². The number of pyridine rings is 2. The van der Waals surface area contributed by atoms with Crippen LogP contribution in [-0.2, 0) is 41.9 Å². The van der Waals surface area contributed by atoms with E-state index in [0.29, 0.717) is 62.2 Å². The number of nitrogens with zero attached hydrogens (tertiary/aromatic N) is 7. The topological polar surface area (TPSA) is 293 Å². The van der Waals surface area contributed by atoms with E-state index in [1.807, 2.05) is 43.5 Å². The molecule has 6 heterocycles. The minimum atomic E-state index is -1.04. The Morgan fingerprint density at radius 3 is 2.47 bits per heavy atom. The van der Waals surface area contributed by atoms with Crippen LogP contribution in [0.4, 0.5) is 15.3 Å². The number of piperidine rings is 1. The van der Waals surface area contributed by atoms with Gasteiger partial charge >= 0.3 is 12.1 Å². The lowest BCUT2D eigenvalue weighted by atomic mass is 10.0. The molecule has 1 saturated heterocycles. The maximum atomic E-state index is 13.7. The number of likely N-dealkylation sites (tertiary alicyclic amines) is 1. The number of carbonyl (C=O) groups excluding carboxylic acids is 7. The van der Waals surface area contributed by atoms with Gasteiger partial charge in [-0.15, -0.1) is 0 Å². The molecule has 8 N–H and O–H groups in total. The molecule has 22 heteroatoms. The monoisotopic (exact) mass is 986 g/mol. The van der Waals surface area contributed by atoms with Gasteiger partial charge in [0, 0.05) is 73.9 Å². The summed E-state index contributed by atoms with van der Waals surface area (Å²) in [5.41, 5.74) is 11.1. The van der Waals surface area contributed by atoms with Gasteiger partial charge < -0.3 is 46.9 Å². The van der Waals surface area contributed by atoms with Gasteiger partial charge in [-0.1, -0.05) is 38.5 Å². The molecule has 380 valence electrons. The number of primary amides is 1. The van der Waals surface area contributed by atoms with E-state index in [0.717, 1.165) is 51.9 Å². The second-order valence-electron chi connectivity index (χ2n) is 18.2. The van der Waals surface area contributed by atoms with Crippen LogP contribution in [-0.4, -0.2) is 125 Å². The van der Waals surface area contributed by atoms with Crippen LogP contribution < -0.4 is 32.3 Å². The Bertz CT molecular complexity index is 2750. The molecule has 3 atom stereocenters. The molecule has 4 aromatic heterocycles. The maximum Gasteiger partial charge on any atom is 0.410 e. The van der Waals surface area contributed by atoms with Gasteiger partial charge in [0.1, 0.15) is 30.8 Å². The number of carbonyl (C=O) groups is 7. The SMILES string of the molecule is Cc1cccc(-c2[nH]c(CNC3CCCN(C(=O)OCc4ccc(NC(=O)[C@H](CCCNC(N)=O)NC(=O)[C@@H](NC(=O)CCCCCN5C(=O)C=CC5=O)C(C)C)cc4)C3)nc2-c2ccn3ncnc3c2)n1. The molecule has 2 aliphatic heterocycles. The molecule has 0 spiro atoms. The van der Waals surface area contributed by atoms with Gasteiger partial charge in [-0.2, -0.15) is 5.10 Å². The van der Waals surface area contributed by atoms with Crippen LogP contribution in [0, 0.1) is 12.8 Å². The Morgan fingerprint density at radius 2 is 1.72 bits per heavy atom. The normalized spacial score (nSPS) is 15.4. The van der Waals surface area contributed by atoms with Crippen LogP contribution in [0.1, 0.15) is 82.3 Å². The first-order chi connectivity index (χ1) is 34.7. The number of hydrogen-bond acceptors (Lipinski definition) is 13. The molecular formula is C50H62N14O8. The van der Waals surface area contributed by atoms with Gasteiger partial charge in [0.15, 0.2) is 5.65 Å². The van der Waals surface area contributed by atoms with Crippen molar-refractivity contribution in [2.75, 3.05) is 31.5 Å². The number of aryl methyl sites for hydroxylation is 1. The molecule has 1 aromatic carbocycles. The molecule has 1 unspecified atom stereocenters. The molecular weight excluding hydrogens is 925 g/mol. The lowest BCUT2D eigenvalue weighted by molar-refractivity contribution is -0.137. The van der Waals surface area contributed by atoms with Gasteiger partial charge in [-0.3, -0.25) is 33.9 Å². The van der Waals surface area contributed by atoms with Crippen LogP contribution in [0.5, 0.6) is 0 Å². The summed E-state index contributed by atoms with van der Waals surface area (Å²) in [5, 5.41) is 18.7. The van der Waals surface area contributed by atoms with E-state index in [1.54, 1.807) is 47.5 Å². The number of rotatable bonds is 23. The van der Waals surface area contributed by atoms with Crippen molar-refractivity contribution in [1.29, 1.82) is 0 Å². The fraction of sp³-hybridized carbons (Fsp3) is 0.420. The number of aromatic nitrogens is 6. The number of aromatic amines is 1. The van der Waals surface area contributed by atoms with Gasteiger partial charge in [0.05, 0.1) is 23.6 Å². The Hall–Kier alpha value is -8.01. The predicted octanol–water partition coefficient (Wildman–Crippen LogP) is 3.88. The first-order valence-electron chi connectivity index (χ1n) is 24.2. The van der Waals surface area contributed by atoms with Crippen molar-refractivity contribution >= 4 is 53.0 Å². The summed E-state index contributed by atoms with van der Waals surface area (Å²) in [6.07, 6.45) is 9.20. The molecule has 0 aliphatic carbocycles. The maximum absolute atomic E-state index is 13.7. The van der Waals surface area contributed by atoms with Crippen molar-refractivity contribution in [3.05, 3.63) is 96.4 Å². The van der Waals surface area contributed by atoms with Crippen LogP contribution in [0.25, 0.3) is 28.3 Å². The number of imide groups is 1. The van der Waals surface area contributed by atoms with E-state index in [9.17, 15) is 33.6 Å². The summed E-state index contributed by atoms with van der Waals surface area (Å²) >= 11 is 0. The van der Waals surface area contributed by atoms with Crippen molar-refractivity contribution in [2.45, 2.75) is 103 Å². The second-order valence-corrected chi connectivity index (χ2v) is 18.2. The third-order valence-electron chi connectivity index (χ3n) is 12.3. The molecule has 8 amide bonds. The first kappa shape index (κ1) is 51.8. The van der Waals surface area contributed by atoms with Crippen LogP contribution >= 0.6 is 0 Å². The zero-order valence-electron chi connectivity index (χ0n) is 40.7. The van der Waals surface area contributed by atoms with Crippen molar-refractivity contribution < 1.29 is 38.3 Å². The summed E-state index contributed by atoms with van der Waals surface area (Å²) in [6, 6.07) is 13.8. The summed E-state index contributed by atoms with van der Waals surface area (Å²) in [7, 11) is 0. The van der Waals surface area contributed by atoms with Crippen LogP contribution in [0.2, 0.25) is 0 Å². The summed E-state index contributed by atoms with van der Waals surface area (Å²) in [5.74, 6) is -1.73. The molecule has 0 saturated carbocycles. The van der Waals surface area contributed by atoms with Crippen molar-refractivity contribution in [3.8, 4) is 22.6 Å². The smallest absolute Gasteiger partial charge is 0.410 e. The van der Waals surface area contributed by atoms with E-state index in [4.69, 9.17) is 20.4 Å². The number of nitrogens with two attached hydrogens (primary N) is 1. The highest BCUT2D eigenvalue weighted by Gasteiger charge is 2.30. The van der Waals surface area contributed by atoms with E-state index in [2.05, 4.69) is 41.7 Å². The fourth-order valence-corrected chi connectivity index (χ4v) is 8.46. The number of amides is 8. The molecule has 72 heavy (non-hydrogen) atoms. The number of urea groups is 1. The van der Waals surface area contributed by atoms with Gasteiger partial charge in [0.2, 0.25) is 17.7 Å². The number of fused-ring (bicyclic) bond motifs is 1. The molecule has 2 aliphatic rings. The number of nitrogens with one attached hydrogen (secondary N) is 6. The largest absolute Gasteiger partial charge is 0.445 e. The molecule has 7 rings (SSSR count). The standard InChI is InChI=1S/C50H62N14O8/c1-31(2)44(61-41(65)14-5-4-6-24-63-42(66)19-20-43(63)67)48(69)58-38(13-8-22-52-49(51)70)47(68)57-35-17-15-33(16-18-35)29-72-50(71)62-23-9-11-36(28-62)53-27-39-59-45(34-21-25-64-40(26-34)54-30-55-64)46(60-39)37-12-7-10-32(3)56-37/h7,10,12,15-21,25-26,30-31,36,38,44,53H,4-6,8-9,11,13-14,22-24,27-29H2,1-3H3,(H,57,68)(H,58,69)(H,59,60)(H,61,65)(H3,51,52,70)/t36?,38-,44-/m0/s1. The van der Waals surface area contributed by atoms with E-state index < -0.39 is 36.0 Å².